The number of esters is 1. The summed E-state index contributed by atoms with van der Waals surface area (Å²) < 4.78 is 21.8. The normalized spacial score (nSPS) is 12.4. The first-order valence-corrected chi connectivity index (χ1v) is 8.56. The van der Waals surface area contributed by atoms with E-state index >= 15 is 0 Å². The standard InChI is InChI=1S/C14H23N2O7P/c1-10-9-16(14(19)15-11(10)17)7-5-6-8-23-13(12(18)20-2)24(21-3)22-4/h9,13H,5-8H2,1-4H3,(H,15,17,19). The van der Waals surface area contributed by atoms with Crippen LogP contribution in [0.25, 0.3) is 0 Å². The molecular formula is C14H23N2O7P. The second-order valence-corrected chi connectivity index (χ2v) is 6.64. The minimum absolute atomic E-state index is 0.280. The molecule has 0 aliphatic heterocycles. The first-order chi connectivity index (χ1) is 11.4. The van der Waals surface area contributed by atoms with Crippen LogP contribution in [0.4, 0.5) is 0 Å². The van der Waals surface area contributed by atoms with Gasteiger partial charge in [0.1, 0.15) is 0 Å². The first-order valence-electron chi connectivity index (χ1n) is 7.31. The van der Waals surface area contributed by atoms with Crippen molar-refractivity contribution in [1.82, 2.24) is 9.55 Å². The van der Waals surface area contributed by atoms with E-state index < -0.39 is 25.9 Å². The predicted molar refractivity (Wildman–Crippen MR) is 88.0 cm³/mol. The van der Waals surface area contributed by atoms with Gasteiger partial charge in [0, 0.05) is 39.1 Å². The molecule has 1 unspecified atom stereocenters. The zero-order valence-corrected chi connectivity index (χ0v) is 15.1. The van der Waals surface area contributed by atoms with E-state index in [4.69, 9.17) is 13.8 Å². The summed E-state index contributed by atoms with van der Waals surface area (Å²) in [7, 11) is 2.59. The smallest absolute Gasteiger partial charge is 0.344 e. The zero-order chi connectivity index (χ0) is 18.1. The van der Waals surface area contributed by atoms with Crippen LogP contribution < -0.4 is 11.2 Å². The lowest BCUT2D eigenvalue weighted by molar-refractivity contribution is -0.149. The van der Waals surface area contributed by atoms with Gasteiger partial charge in [0.05, 0.1) is 7.11 Å². The Balaban J connectivity index is 2.49. The molecule has 10 heteroatoms. The molecule has 0 aromatic carbocycles. The van der Waals surface area contributed by atoms with Crippen molar-refractivity contribution in [3.05, 3.63) is 32.6 Å². The molecule has 0 saturated heterocycles. The molecule has 0 aliphatic rings. The molecule has 1 heterocycles. The molecule has 136 valence electrons. The molecule has 0 spiro atoms. The number of aryl methyl sites for hydroxylation is 2. The van der Waals surface area contributed by atoms with Gasteiger partial charge in [-0.15, -0.1) is 0 Å². The third kappa shape index (κ3) is 5.83. The zero-order valence-electron chi connectivity index (χ0n) is 14.2. The number of aromatic nitrogens is 2. The highest BCUT2D eigenvalue weighted by atomic mass is 31.2. The molecule has 9 nitrogen and oxygen atoms in total. The van der Waals surface area contributed by atoms with Crippen molar-refractivity contribution in [2.75, 3.05) is 27.9 Å². The number of aromatic amines is 1. The molecule has 1 N–H and O–H groups in total. The van der Waals surface area contributed by atoms with E-state index in [0.29, 0.717) is 24.9 Å². The van der Waals surface area contributed by atoms with Crippen LogP contribution in [-0.2, 0) is 29.9 Å². The molecule has 1 rings (SSSR count). The summed E-state index contributed by atoms with van der Waals surface area (Å²) in [6.45, 7) is 2.35. The molecule has 24 heavy (non-hydrogen) atoms. The average Bonchev–Trinajstić information content (AvgIpc) is 2.57. The van der Waals surface area contributed by atoms with E-state index in [1.807, 2.05) is 0 Å². The van der Waals surface area contributed by atoms with Crippen molar-refractivity contribution >= 4 is 14.3 Å². The topological polar surface area (TPSA) is 109 Å². The minimum atomic E-state index is -1.53. The van der Waals surface area contributed by atoms with Gasteiger partial charge < -0.3 is 23.1 Å². The Morgan fingerprint density at radius 3 is 2.50 bits per heavy atom. The highest BCUT2D eigenvalue weighted by molar-refractivity contribution is 7.49. The van der Waals surface area contributed by atoms with Crippen molar-refractivity contribution in [3.63, 3.8) is 0 Å². The molecule has 0 aliphatic carbocycles. The number of unbranched alkanes of at least 4 members (excludes halogenated alkanes) is 1. The number of hydrogen-bond acceptors (Lipinski definition) is 7. The number of nitrogens with one attached hydrogen (secondary N) is 1. The number of carbonyl (C=O) groups is 1. The van der Waals surface area contributed by atoms with E-state index in [2.05, 4.69) is 9.72 Å². The highest BCUT2D eigenvalue weighted by Crippen LogP contribution is 2.43. The lowest BCUT2D eigenvalue weighted by atomic mass is 10.3. The Morgan fingerprint density at radius 2 is 1.92 bits per heavy atom. The SMILES string of the molecule is COC(=O)C(OCCCCn1cc(C)c(=O)[nH]c1=O)P(OC)OC. The fourth-order valence-corrected chi connectivity index (χ4v) is 2.98. The first kappa shape index (κ1) is 20.5. The van der Waals surface area contributed by atoms with Gasteiger partial charge >= 0.3 is 11.7 Å². The number of H-pyrrole nitrogens is 1. The minimum Gasteiger partial charge on any atom is -0.467 e. The van der Waals surface area contributed by atoms with Crippen LogP contribution in [0.2, 0.25) is 0 Å². The second kappa shape index (κ2) is 10.4. The summed E-state index contributed by atoms with van der Waals surface area (Å²) in [5, 5.41) is 0. The predicted octanol–water partition coefficient (Wildman–Crippen LogP) is 0.746. The maximum absolute atomic E-state index is 11.7. The number of methoxy groups -OCH3 is 1. The monoisotopic (exact) mass is 362 g/mol. The molecular weight excluding hydrogens is 339 g/mol. The second-order valence-electron chi connectivity index (χ2n) is 4.87. The van der Waals surface area contributed by atoms with Gasteiger partial charge in [0.25, 0.3) is 5.56 Å². The fourth-order valence-electron chi connectivity index (χ4n) is 1.95. The van der Waals surface area contributed by atoms with Gasteiger partial charge in [-0.3, -0.25) is 9.78 Å². The summed E-state index contributed by atoms with van der Waals surface area (Å²) in [5.41, 5.74) is -0.350. The highest BCUT2D eigenvalue weighted by Gasteiger charge is 2.31. The summed E-state index contributed by atoms with van der Waals surface area (Å²) in [5.74, 6) is -1.48. The lowest BCUT2D eigenvalue weighted by Crippen LogP contribution is -2.31. The quantitative estimate of drug-likeness (QED) is 0.371. The van der Waals surface area contributed by atoms with Crippen LogP contribution in [0.15, 0.2) is 15.8 Å². The number of nitrogens with zero attached hydrogens (tertiary/aromatic N) is 1. The van der Waals surface area contributed by atoms with Crippen molar-refractivity contribution < 1.29 is 23.3 Å². The van der Waals surface area contributed by atoms with Crippen LogP contribution in [0.3, 0.4) is 0 Å². The molecule has 0 saturated carbocycles. The largest absolute Gasteiger partial charge is 0.467 e. The molecule has 1 atom stereocenters. The van der Waals surface area contributed by atoms with Gasteiger partial charge in [0.15, 0.2) is 0 Å². The number of carbonyl (C=O) groups excluding carboxylic acids is 1. The van der Waals surface area contributed by atoms with Crippen LogP contribution in [0, 0.1) is 6.92 Å². The van der Waals surface area contributed by atoms with Crippen molar-refractivity contribution in [2.45, 2.75) is 32.2 Å². The van der Waals surface area contributed by atoms with E-state index in [1.54, 1.807) is 6.92 Å². The van der Waals surface area contributed by atoms with Crippen LogP contribution in [-0.4, -0.2) is 49.3 Å². The van der Waals surface area contributed by atoms with E-state index in [1.165, 1.54) is 32.1 Å². The fraction of sp³-hybridized carbons (Fsp3) is 0.643. The van der Waals surface area contributed by atoms with Crippen LogP contribution in [0.5, 0.6) is 0 Å². The van der Waals surface area contributed by atoms with Gasteiger partial charge in [-0.25, -0.2) is 9.59 Å². The van der Waals surface area contributed by atoms with E-state index in [9.17, 15) is 14.4 Å². The Labute approximate surface area is 140 Å². The Bertz CT molecular complexity index is 639. The van der Waals surface area contributed by atoms with Crippen molar-refractivity contribution in [3.8, 4) is 0 Å². The molecule has 1 aromatic heterocycles. The van der Waals surface area contributed by atoms with Gasteiger partial charge in [-0.2, -0.15) is 0 Å². The van der Waals surface area contributed by atoms with Crippen molar-refractivity contribution in [2.24, 2.45) is 0 Å². The van der Waals surface area contributed by atoms with Gasteiger partial charge in [-0.1, -0.05) is 0 Å². The summed E-state index contributed by atoms with van der Waals surface area (Å²) >= 11 is 0. The van der Waals surface area contributed by atoms with E-state index in [0.717, 1.165) is 0 Å². The van der Waals surface area contributed by atoms with Crippen LogP contribution in [0.1, 0.15) is 18.4 Å². The number of ether oxygens (including phenoxy) is 2. The summed E-state index contributed by atoms with van der Waals surface area (Å²) in [4.78, 5) is 36.9. The third-order valence-corrected chi connectivity index (χ3v) is 4.67. The average molecular weight is 362 g/mol. The lowest BCUT2D eigenvalue weighted by Gasteiger charge is -2.21. The molecule has 0 bridgehead atoms. The van der Waals surface area contributed by atoms with Crippen molar-refractivity contribution in [1.29, 1.82) is 0 Å². The van der Waals surface area contributed by atoms with E-state index in [-0.39, 0.29) is 12.2 Å². The van der Waals surface area contributed by atoms with Gasteiger partial charge in [-0.05, 0) is 19.8 Å². The summed E-state index contributed by atoms with van der Waals surface area (Å²) in [6.07, 6.45) is 2.76. The Kier molecular flexibility index (Phi) is 8.84. The maximum atomic E-state index is 11.7. The van der Waals surface area contributed by atoms with Crippen LogP contribution >= 0.6 is 8.38 Å². The molecule has 0 amide bonds. The summed E-state index contributed by atoms with van der Waals surface area (Å²) in [6, 6.07) is 0. The molecule has 0 radical (unpaired) electrons. The van der Waals surface area contributed by atoms with Gasteiger partial charge in [0.2, 0.25) is 14.2 Å². The number of rotatable bonds is 10. The molecule has 0 fully saturated rings. The third-order valence-electron chi connectivity index (χ3n) is 3.21. The molecule has 1 aromatic rings. The maximum Gasteiger partial charge on any atom is 0.344 e. The Morgan fingerprint density at radius 1 is 1.25 bits per heavy atom. The Hall–Kier alpha value is -1.54. The number of hydrogen-bond donors (Lipinski definition) is 1.